The normalized spacial score (nSPS) is 10.9. The molecule has 1 N–H and O–H groups in total. The van der Waals surface area contributed by atoms with Gasteiger partial charge in [-0.3, -0.25) is 9.20 Å². The molecule has 134 valence electrons. The summed E-state index contributed by atoms with van der Waals surface area (Å²) in [7, 11) is 0. The largest absolute Gasteiger partial charge is 0.348 e. The van der Waals surface area contributed by atoms with Crippen molar-refractivity contribution in [3.05, 3.63) is 89.1 Å². The number of carbonyl (C=O) groups is 1. The standard InChI is InChI=1S/C22H20N4O/c1-15-7-6-8-16(2)20(15)21-25-24-19-12-11-18(14-26(19)21)22(27)23-13-17-9-4-3-5-10-17/h3-12,14H,13H2,1-2H3,(H,23,27). The molecule has 0 saturated heterocycles. The van der Waals surface area contributed by atoms with Gasteiger partial charge >= 0.3 is 0 Å². The van der Waals surface area contributed by atoms with Gasteiger partial charge in [0.15, 0.2) is 11.5 Å². The number of pyridine rings is 1. The molecule has 1 amide bonds. The van der Waals surface area contributed by atoms with Gasteiger partial charge in [0.1, 0.15) is 0 Å². The Labute approximate surface area is 157 Å². The summed E-state index contributed by atoms with van der Waals surface area (Å²) < 4.78 is 1.88. The maximum Gasteiger partial charge on any atom is 0.253 e. The van der Waals surface area contributed by atoms with Gasteiger partial charge in [-0.15, -0.1) is 10.2 Å². The second-order valence-electron chi connectivity index (χ2n) is 6.60. The van der Waals surface area contributed by atoms with Crippen LogP contribution in [0.5, 0.6) is 0 Å². The molecule has 0 bridgehead atoms. The van der Waals surface area contributed by atoms with Crippen LogP contribution in [-0.2, 0) is 6.54 Å². The van der Waals surface area contributed by atoms with Crippen LogP contribution in [0.25, 0.3) is 17.0 Å². The van der Waals surface area contributed by atoms with Crippen molar-refractivity contribution in [1.29, 1.82) is 0 Å². The molecule has 4 aromatic rings. The number of aryl methyl sites for hydroxylation is 2. The number of hydrogen-bond acceptors (Lipinski definition) is 3. The molecule has 0 fully saturated rings. The van der Waals surface area contributed by atoms with Crippen molar-refractivity contribution in [3.63, 3.8) is 0 Å². The Morgan fingerprint density at radius 1 is 0.926 bits per heavy atom. The first-order valence-electron chi connectivity index (χ1n) is 8.87. The second kappa shape index (κ2) is 7.03. The van der Waals surface area contributed by atoms with E-state index in [0.717, 1.165) is 28.1 Å². The van der Waals surface area contributed by atoms with E-state index in [-0.39, 0.29) is 5.91 Å². The third kappa shape index (κ3) is 3.31. The van der Waals surface area contributed by atoms with Crippen molar-refractivity contribution in [3.8, 4) is 11.4 Å². The number of carbonyl (C=O) groups excluding carboxylic acids is 1. The zero-order valence-electron chi connectivity index (χ0n) is 15.3. The molecule has 0 atom stereocenters. The fourth-order valence-electron chi connectivity index (χ4n) is 3.24. The van der Waals surface area contributed by atoms with Crippen molar-refractivity contribution in [1.82, 2.24) is 19.9 Å². The van der Waals surface area contributed by atoms with Gasteiger partial charge in [0.2, 0.25) is 0 Å². The number of nitrogens with zero attached hydrogens (tertiary/aromatic N) is 3. The molecule has 0 radical (unpaired) electrons. The van der Waals surface area contributed by atoms with E-state index in [1.807, 2.05) is 46.9 Å². The first-order valence-corrected chi connectivity index (χ1v) is 8.87. The molecule has 0 aliphatic rings. The van der Waals surface area contributed by atoms with Crippen LogP contribution in [-0.4, -0.2) is 20.5 Å². The van der Waals surface area contributed by atoms with Crippen LogP contribution < -0.4 is 5.32 Å². The summed E-state index contributed by atoms with van der Waals surface area (Å²) in [4.78, 5) is 12.6. The number of benzene rings is 2. The summed E-state index contributed by atoms with van der Waals surface area (Å²) >= 11 is 0. The molecule has 4 rings (SSSR count). The van der Waals surface area contributed by atoms with E-state index < -0.39 is 0 Å². The number of hydrogen-bond donors (Lipinski definition) is 1. The Morgan fingerprint density at radius 2 is 1.67 bits per heavy atom. The van der Waals surface area contributed by atoms with Crippen LogP contribution in [0.4, 0.5) is 0 Å². The highest BCUT2D eigenvalue weighted by Gasteiger charge is 2.15. The number of rotatable bonds is 4. The molecule has 2 aromatic carbocycles. The first kappa shape index (κ1) is 17.0. The van der Waals surface area contributed by atoms with Gasteiger partial charge in [-0.05, 0) is 42.7 Å². The van der Waals surface area contributed by atoms with Crippen molar-refractivity contribution in [2.24, 2.45) is 0 Å². The Kier molecular flexibility index (Phi) is 4.42. The van der Waals surface area contributed by atoms with E-state index in [1.54, 1.807) is 12.3 Å². The molecule has 0 saturated carbocycles. The van der Waals surface area contributed by atoms with Crippen molar-refractivity contribution in [2.75, 3.05) is 0 Å². The number of nitrogens with one attached hydrogen (secondary N) is 1. The van der Waals surface area contributed by atoms with Crippen LogP contribution in [0, 0.1) is 13.8 Å². The molecule has 0 aliphatic heterocycles. The summed E-state index contributed by atoms with van der Waals surface area (Å²) in [6, 6.07) is 19.6. The van der Waals surface area contributed by atoms with Gasteiger partial charge in [0.25, 0.3) is 5.91 Å². The van der Waals surface area contributed by atoms with Crippen LogP contribution in [0.2, 0.25) is 0 Å². The molecule has 5 nitrogen and oxygen atoms in total. The van der Waals surface area contributed by atoms with E-state index >= 15 is 0 Å². The number of aromatic nitrogens is 3. The second-order valence-corrected chi connectivity index (χ2v) is 6.60. The summed E-state index contributed by atoms with van der Waals surface area (Å²) in [6.45, 7) is 4.60. The van der Waals surface area contributed by atoms with Gasteiger partial charge in [0, 0.05) is 18.3 Å². The van der Waals surface area contributed by atoms with E-state index in [2.05, 4.69) is 41.5 Å². The Balaban J connectivity index is 1.67. The van der Waals surface area contributed by atoms with E-state index in [0.29, 0.717) is 17.8 Å². The molecule has 5 heteroatoms. The van der Waals surface area contributed by atoms with E-state index in [4.69, 9.17) is 0 Å². The van der Waals surface area contributed by atoms with Gasteiger partial charge in [-0.1, -0.05) is 48.5 Å². The van der Waals surface area contributed by atoms with Crippen molar-refractivity contribution in [2.45, 2.75) is 20.4 Å². The minimum atomic E-state index is -0.123. The summed E-state index contributed by atoms with van der Waals surface area (Å²) in [5, 5.41) is 11.6. The Hall–Kier alpha value is -3.47. The zero-order chi connectivity index (χ0) is 18.8. The number of amides is 1. The first-order chi connectivity index (χ1) is 13.1. The lowest BCUT2D eigenvalue weighted by molar-refractivity contribution is 0.0950. The van der Waals surface area contributed by atoms with Gasteiger partial charge in [-0.2, -0.15) is 0 Å². The molecule has 27 heavy (non-hydrogen) atoms. The van der Waals surface area contributed by atoms with Gasteiger partial charge in [-0.25, -0.2) is 0 Å². The predicted octanol–water partition coefficient (Wildman–Crippen LogP) is 3.94. The van der Waals surface area contributed by atoms with Crippen molar-refractivity contribution < 1.29 is 4.79 Å². The summed E-state index contributed by atoms with van der Waals surface area (Å²) in [6.07, 6.45) is 1.80. The fraction of sp³-hybridized carbons (Fsp3) is 0.136. The maximum atomic E-state index is 12.6. The third-order valence-corrected chi connectivity index (χ3v) is 4.67. The average Bonchev–Trinajstić information content (AvgIpc) is 3.10. The highest BCUT2D eigenvalue weighted by atomic mass is 16.1. The molecule has 0 unspecified atom stereocenters. The highest BCUT2D eigenvalue weighted by molar-refractivity contribution is 5.94. The van der Waals surface area contributed by atoms with Crippen LogP contribution in [0.3, 0.4) is 0 Å². The van der Waals surface area contributed by atoms with Gasteiger partial charge < -0.3 is 5.32 Å². The topological polar surface area (TPSA) is 59.3 Å². The average molecular weight is 356 g/mol. The quantitative estimate of drug-likeness (QED) is 0.602. The smallest absolute Gasteiger partial charge is 0.253 e. The molecule has 2 heterocycles. The molecular formula is C22H20N4O. The highest BCUT2D eigenvalue weighted by Crippen LogP contribution is 2.26. The lowest BCUT2D eigenvalue weighted by Gasteiger charge is -2.09. The lowest BCUT2D eigenvalue weighted by atomic mass is 10.0. The van der Waals surface area contributed by atoms with Crippen LogP contribution in [0.15, 0.2) is 66.9 Å². The minimum Gasteiger partial charge on any atom is -0.348 e. The fourth-order valence-corrected chi connectivity index (χ4v) is 3.24. The lowest BCUT2D eigenvalue weighted by Crippen LogP contribution is -2.23. The Morgan fingerprint density at radius 3 is 2.41 bits per heavy atom. The third-order valence-electron chi connectivity index (χ3n) is 4.67. The molecule has 2 aromatic heterocycles. The van der Waals surface area contributed by atoms with Crippen molar-refractivity contribution >= 4 is 11.6 Å². The minimum absolute atomic E-state index is 0.123. The zero-order valence-corrected chi connectivity index (χ0v) is 15.3. The van der Waals surface area contributed by atoms with Crippen LogP contribution >= 0.6 is 0 Å². The molecule has 0 aliphatic carbocycles. The number of fused-ring (bicyclic) bond motifs is 1. The maximum absolute atomic E-state index is 12.6. The predicted molar refractivity (Wildman–Crippen MR) is 106 cm³/mol. The molecular weight excluding hydrogens is 336 g/mol. The SMILES string of the molecule is Cc1cccc(C)c1-c1nnc2ccc(C(=O)NCc3ccccc3)cn12. The van der Waals surface area contributed by atoms with Crippen LogP contribution in [0.1, 0.15) is 27.0 Å². The van der Waals surface area contributed by atoms with E-state index in [1.165, 1.54) is 0 Å². The monoisotopic (exact) mass is 356 g/mol. The summed E-state index contributed by atoms with van der Waals surface area (Å²) in [5.74, 6) is 0.625. The Bertz CT molecular complexity index is 1100. The van der Waals surface area contributed by atoms with Gasteiger partial charge in [0.05, 0.1) is 5.56 Å². The molecule has 0 spiro atoms. The van der Waals surface area contributed by atoms with E-state index in [9.17, 15) is 4.79 Å². The summed E-state index contributed by atoms with van der Waals surface area (Å²) in [5.41, 5.74) is 5.66.